The minimum atomic E-state index is -0.892. The molecule has 0 aliphatic carbocycles. The van der Waals surface area contributed by atoms with Crippen LogP contribution in [0, 0.1) is 5.92 Å². The Morgan fingerprint density at radius 3 is 2.45 bits per heavy atom. The average molecular weight is 282 g/mol. The van der Waals surface area contributed by atoms with Gasteiger partial charge in [0.05, 0.1) is 5.92 Å². The number of piperidine rings is 1. The molecule has 1 N–H and O–H groups in total. The lowest BCUT2D eigenvalue weighted by atomic mass is 10.0. The second kappa shape index (κ2) is 6.24. The van der Waals surface area contributed by atoms with E-state index in [1.54, 1.807) is 4.90 Å². The molecule has 0 saturated carbocycles. The van der Waals surface area contributed by atoms with Gasteiger partial charge in [-0.25, -0.2) is 0 Å². The SMILES string of the molecule is CCCC(=O)N1CCC(N2CC(C(=O)O)CC2=O)CC1. The Labute approximate surface area is 118 Å². The van der Waals surface area contributed by atoms with E-state index >= 15 is 0 Å². The van der Waals surface area contributed by atoms with Gasteiger partial charge in [0.15, 0.2) is 0 Å². The van der Waals surface area contributed by atoms with Gasteiger partial charge in [0.2, 0.25) is 11.8 Å². The first-order valence-electron chi connectivity index (χ1n) is 7.33. The number of carbonyl (C=O) groups is 3. The van der Waals surface area contributed by atoms with E-state index in [4.69, 9.17) is 5.11 Å². The zero-order valence-corrected chi connectivity index (χ0v) is 11.9. The highest BCUT2D eigenvalue weighted by Gasteiger charge is 2.39. The molecule has 6 heteroatoms. The molecule has 2 aliphatic heterocycles. The molecule has 6 nitrogen and oxygen atoms in total. The zero-order chi connectivity index (χ0) is 14.7. The number of likely N-dealkylation sites (tertiary alicyclic amines) is 2. The van der Waals surface area contributed by atoms with Gasteiger partial charge in [0, 0.05) is 38.5 Å². The number of amides is 2. The van der Waals surface area contributed by atoms with Gasteiger partial charge in [-0.1, -0.05) is 6.92 Å². The van der Waals surface area contributed by atoms with Crippen LogP contribution in [-0.4, -0.2) is 58.4 Å². The number of carboxylic acids is 1. The first-order valence-corrected chi connectivity index (χ1v) is 7.33. The van der Waals surface area contributed by atoms with Crippen LogP contribution in [0.2, 0.25) is 0 Å². The van der Waals surface area contributed by atoms with Gasteiger partial charge < -0.3 is 14.9 Å². The number of carboxylic acid groups (broad SMARTS) is 1. The highest BCUT2D eigenvalue weighted by Crippen LogP contribution is 2.25. The fourth-order valence-corrected chi connectivity index (χ4v) is 3.05. The van der Waals surface area contributed by atoms with Crippen LogP contribution in [0.3, 0.4) is 0 Å². The van der Waals surface area contributed by atoms with Crippen molar-refractivity contribution < 1.29 is 19.5 Å². The number of carbonyl (C=O) groups excluding carboxylic acids is 2. The molecule has 2 heterocycles. The van der Waals surface area contributed by atoms with E-state index in [2.05, 4.69) is 0 Å². The van der Waals surface area contributed by atoms with Crippen molar-refractivity contribution in [2.24, 2.45) is 5.92 Å². The van der Waals surface area contributed by atoms with Crippen LogP contribution in [0.5, 0.6) is 0 Å². The van der Waals surface area contributed by atoms with Crippen molar-refractivity contribution in [1.82, 2.24) is 9.80 Å². The maximum atomic E-state index is 11.9. The third-order valence-electron chi connectivity index (χ3n) is 4.23. The molecule has 0 radical (unpaired) electrons. The molecule has 0 spiro atoms. The van der Waals surface area contributed by atoms with Gasteiger partial charge >= 0.3 is 5.97 Å². The standard InChI is InChI=1S/C14H22N2O4/c1-2-3-12(17)15-6-4-11(5-7-15)16-9-10(14(19)20)8-13(16)18/h10-11H,2-9H2,1H3,(H,19,20). The number of nitrogens with zero attached hydrogens (tertiary/aromatic N) is 2. The van der Waals surface area contributed by atoms with Crippen molar-refractivity contribution in [3.05, 3.63) is 0 Å². The predicted octanol–water partition coefficient (Wildman–Crippen LogP) is 0.711. The third-order valence-corrected chi connectivity index (χ3v) is 4.23. The summed E-state index contributed by atoms with van der Waals surface area (Å²) in [6.45, 7) is 3.65. The Morgan fingerprint density at radius 1 is 1.30 bits per heavy atom. The van der Waals surface area contributed by atoms with Crippen LogP contribution in [0.15, 0.2) is 0 Å². The van der Waals surface area contributed by atoms with Gasteiger partial charge in [0.1, 0.15) is 0 Å². The van der Waals surface area contributed by atoms with Crippen molar-refractivity contribution in [3.63, 3.8) is 0 Å². The molecular weight excluding hydrogens is 260 g/mol. The van der Waals surface area contributed by atoms with Crippen LogP contribution >= 0.6 is 0 Å². The first kappa shape index (κ1) is 14.8. The zero-order valence-electron chi connectivity index (χ0n) is 11.9. The summed E-state index contributed by atoms with van der Waals surface area (Å²) in [4.78, 5) is 38.2. The fourth-order valence-electron chi connectivity index (χ4n) is 3.05. The molecule has 2 amide bonds. The Hall–Kier alpha value is -1.59. The van der Waals surface area contributed by atoms with Crippen LogP contribution in [-0.2, 0) is 14.4 Å². The van der Waals surface area contributed by atoms with Crippen molar-refractivity contribution in [2.45, 2.75) is 45.1 Å². The van der Waals surface area contributed by atoms with Crippen molar-refractivity contribution >= 4 is 17.8 Å². The molecule has 112 valence electrons. The summed E-state index contributed by atoms with van der Waals surface area (Å²) in [6.07, 6.45) is 3.06. The molecule has 20 heavy (non-hydrogen) atoms. The minimum Gasteiger partial charge on any atom is -0.481 e. The molecular formula is C14H22N2O4. The van der Waals surface area contributed by atoms with Crippen molar-refractivity contribution in [3.8, 4) is 0 Å². The summed E-state index contributed by atoms with van der Waals surface area (Å²) in [6, 6.07) is 0.0949. The highest BCUT2D eigenvalue weighted by atomic mass is 16.4. The molecule has 1 atom stereocenters. The second-order valence-corrected chi connectivity index (χ2v) is 5.65. The van der Waals surface area contributed by atoms with Crippen LogP contribution in [0.25, 0.3) is 0 Å². The average Bonchev–Trinajstić information content (AvgIpc) is 2.81. The van der Waals surface area contributed by atoms with E-state index in [0.29, 0.717) is 26.1 Å². The fraction of sp³-hybridized carbons (Fsp3) is 0.786. The van der Waals surface area contributed by atoms with Crippen LogP contribution in [0.4, 0.5) is 0 Å². The summed E-state index contributed by atoms with van der Waals surface area (Å²) in [5.74, 6) is -1.34. The highest BCUT2D eigenvalue weighted by molar-refractivity contribution is 5.86. The molecule has 0 bridgehead atoms. The molecule has 2 aliphatic rings. The van der Waals surface area contributed by atoms with Crippen LogP contribution < -0.4 is 0 Å². The lowest BCUT2D eigenvalue weighted by molar-refractivity contribution is -0.141. The largest absolute Gasteiger partial charge is 0.481 e. The molecule has 2 rings (SSSR count). The van der Waals surface area contributed by atoms with Crippen LogP contribution in [0.1, 0.15) is 39.0 Å². The molecule has 0 aromatic heterocycles. The Kier molecular flexibility index (Phi) is 4.62. The van der Waals surface area contributed by atoms with E-state index in [1.165, 1.54) is 0 Å². The Morgan fingerprint density at radius 2 is 1.95 bits per heavy atom. The smallest absolute Gasteiger partial charge is 0.308 e. The first-order chi connectivity index (χ1) is 9.52. The van der Waals surface area contributed by atoms with E-state index in [0.717, 1.165) is 19.3 Å². The van der Waals surface area contributed by atoms with Gasteiger partial charge in [-0.2, -0.15) is 0 Å². The van der Waals surface area contributed by atoms with Crippen molar-refractivity contribution in [1.29, 1.82) is 0 Å². The summed E-state index contributed by atoms with van der Waals surface area (Å²) < 4.78 is 0. The lowest BCUT2D eigenvalue weighted by Gasteiger charge is -2.36. The Bertz CT molecular complexity index is 402. The second-order valence-electron chi connectivity index (χ2n) is 5.65. The molecule has 0 aromatic carbocycles. The summed E-state index contributed by atoms with van der Waals surface area (Å²) in [5.41, 5.74) is 0. The van der Waals surface area contributed by atoms with E-state index < -0.39 is 11.9 Å². The van der Waals surface area contributed by atoms with Gasteiger partial charge in [-0.05, 0) is 19.3 Å². The molecule has 1 unspecified atom stereocenters. The molecule has 2 fully saturated rings. The number of hydrogen-bond donors (Lipinski definition) is 1. The van der Waals surface area contributed by atoms with Gasteiger partial charge in [-0.15, -0.1) is 0 Å². The lowest BCUT2D eigenvalue weighted by Crippen LogP contribution is -2.47. The van der Waals surface area contributed by atoms with Crippen molar-refractivity contribution in [2.75, 3.05) is 19.6 Å². The summed E-state index contributed by atoms with van der Waals surface area (Å²) in [7, 11) is 0. The normalized spacial score (nSPS) is 24.2. The van der Waals surface area contributed by atoms with Gasteiger partial charge in [-0.3, -0.25) is 14.4 Å². The van der Waals surface area contributed by atoms with Gasteiger partial charge in [0.25, 0.3) is 0 Å². The minimum absolute atomic E-state index is 0.0595. The monoisotopic (exact) mass is 282 g/mol. The summed E-state index contributed by atoms with van der Waals surface area (Å²) >= 11 is 0. The number of aliphatic carboxylic acids is 1. The van der Waals surface area contributed by atoms with E-state index in [9.17, 15) is 14.4 Å². The Balaban J connectivity index is 1.86. The van der Waals surface area contributed by atoms with E-state index in [1.807, 2.05) is 11.8 Å². The maximum absolute atomic E-state index is 11.9. The van der Waals surface area contributed by atoms with E-state index in [-0.39, 0.29) is 24.3 Å². The quantitative estimate of drug-likeness (QED) is 0.823. The maximum Gasteiger partial charge on any atom is 0.308 e. The molecule has 2 saturated heterocycles. The molecule has 0 aromatic rings. The topological polar surface area (TPSA) is 77.9 Å². The summed E-state index contributed by atoms with van der Waals surface area (Å²) in [5, 5.41) is 8.99. The number of hydrogen-bond acceptors (Lipinski definition) is 3. The number of rotatable bonds is 4. The third kappa shape index (κ3) is 3.11. The predicted molar refractivity (Wildman–Crippen MR) is 72.0 cm³/mol.